The molecule has 3 atom stereocenters. The number of nitrogens with one attached hydrogen (secondary N) is 3. The minimum atomic E-state index is -0.608. The molecule has 9 nitrogen and oxygen atoms in total. The van der Waals surface area contributed by atoms with Gasteiger partial charge in [-0.3, -0.25) is 9.59 Å². The SMILES string of the molecule is C=CCC(CC(=O)NC(C)CO)C(=O)NC(CO)CCCCNC(=O)OCc1ccccc1. The van der Waals surface area contributed by atoms with E-state index >= 15 is 0 Å². The van der Waals surface area contributed by atoms with Gasteiger partial charge >= 0.3 is 6.09 Å². The van der Waals surface area contributed by atoms with Gasteiger partial charge < -0.3 is 30.9 Å². The van der Waals surface area contributed by atoms with Gasteiger partial charge in [0.2, 0.25) is 11.8 Å². The molecular formula is C24H37N3O6. The maximum atomic E-state index is 12.6. The average Bonchev–Trinajstić information content (AvgIpc) is 2.81. The first kappa shape index (κ1) is 28.1. The number of ether oxygens (including phenoxy) is 1. The number of benzene rings is 1. The van der Waals surface area contributed by atoms with Crippen LogP contribution in [0.25, 0.3) is 0 Å². The molecule has 0 saturated heterocycles. The van der Waals surface area contributed by atoms with E-state index in [1.807, 2.05) is 30.3 Å². The van der Waals surface area contributed by atoms with Crippen LogP contribution in [0.3, 0.4) is 0 Å². The molecule has 0 bridgehead atoms. The minimum absolute atomic E-state index is 0.0324. The fraction of sp³-hybridized carbons (Fsp3) is 0.542. The Morgan fingerprint density at radius 1 is 1.09 bits per heavy atom. The molecule has 0 fully saturated rings. The predicted molar refractivity (Wildman–Crippen MR) is 125 cm³/mol. The topological polar surface area (TPSA) is 137 Å². The minimum Gasteiger partial charge on any atom is -0.445 e. The van der Waals surface area contributed by atoms with Crippen molar-refractivity contribution in [3.05, 3.63) is 48.6 Å². The van der Waals surface area contributed by atoms with Crippen molar-refractivity contribution in [3.8, 4) is 0 Å². The molecule has 0 spiro atoms. The number of carbonyl (C=O) groups excluding carboxylic acids is 3. The molecule has 184 valence electrons. The summed E-state index contributed by atoms with van der Waals surface area (Å²) in [6.45, 7) is 5.51. The van der Waals surface area contributed by atoms with E-state index in [0.717, 1.165) is 5.56 Å². The zero-order valence-electron chi connectivity index (χ0n) is 19.3. The molecule has 3 amide bonds. The van der Waals surface area contributed by atoms with E-state index in [4.69, 9.17) is 9.84 Å². The van der Waals surface area contributed by atoms with Gasteiger partial charge in [-0.2, -0.15) is 0 Å². The molecule has 0 aliphatic heterocycles. The number of carbonyl (C=O) groups is 3. The lowest BCUT2D eigenvalue weighted by Crippen LogP contribution is -2.43. The van der Waals surface area contributed by atoms with Crippen molar-refractivity contribution in [2.45, 2.75) is 57.7 Å². The summed E-state index contributed by atoms with van der Waals surface area (Å²) in [7, 11) is 0. The monoisotopic (exact) mass is 463 g/mol. The number of aliphatic hydroxyl groups is 2. The number of aliphatic hydroxyl groups excluding tert-OH is 2. The Morgan fingerprint density at radius 2 is 1.82 bits per heavy atom. The van der Waals surface area contributed by atoms with Crippen LogP contribution >= 0.6 is 0 Å². The van der Waals surface area contributed by atoms with Crippen molar-refractivity contribution in [3.63, 3.8) is 0 Å². The van der Waals surface area contributed by atoms with Gasteiger partial charge in [-0.1, -0.05) is 36.4 Å². The largest absolute Gasteiger partial charge is 0.445 e. The van der Waals surface area contributed by atoms with Crippen LogP contribution in [-0.2, 0) is 20.9 Å². The molecule has 9 heteroatoms. The van der Waals surface area contributed by atoms with E-state index in [1.165, 1.54) is 0 Å². The molecule has 1 aromatic rings. The first-order chi connectivity index (χ1) is 15.9. The third kappa shape index (κ3) is 12.6. The van der Waals surface area contributed by atoms with Crippen LogP contribution in [0.15, 0.2) is 43.0 Å². The second-order valence-electron chi connectivity index (χ2n) is 7.95. The molecule has 0 heterocycles. The van der Waals surface area contributed by atoms with Gasteiger partial charge in [-0.25, -0.2) is 4.79 Å². The first-order valence-corrected chi connectivity index (χ1v) is 11.3. The molecule has 0 aliphatic rings. The molecule has 0 aromatic heterocycles. The van der Waals surface area contributed by atoms with Gasteiger partial charge in [0.25, 0.3) is 0 Å². The Hall–Kier alpha value is -2.91. The lowest BCUT2D eigenvalue weighted by molar-refractivity contribution is -0.131. The predicted octanol–water partition coefficient (Wildman–Crippen LogP) is 1.64. The second-order valence-corrected chi connectivity index (χ2v) is 7.95. The van der Waals surface area contributed by atoms with Gasteiger partial charge in [0.1, 0.15) is 6.61 Å². The van der Waals surface area contributed by atoms with Crippen molar-refractivity contribution in [2.75, 3.05) is 19.8 Å². The second kappa shape index (κ2) is 16.7. The molecule has 0 radical (unpaired) electrons. The molecule has 1 rings (SSSR count). The van der Waals surface area contributed by atoms with Crippen molar-refractivity contribution >= 4 is 17.9 Å². The molecule has 33 heavy (non-hydrogen) atoms. The summed E-state index contributed by atoms with van der Waals surface area (Å²) in [4.78, 5) is 36.4. The highest BCUT2D eigenvalue weighted by molar-refractivity contribution is 5.86. The number of allylic oxidation sites excluding steroid dienone is 1. The smallest absolute Gasteiger partial charge is 0.407 e. The van der Waals surface area contributed by atoms with Crippen LogP contribution in [0.2, 0.25) is 0 Å². The van der Waals surface area contributed by atoms with E-state index in [9.17, 15) is 19.5 Å². The van der Waals surface area contributed by atoms with Crippen LogP contribution in [-0.4, -0.2) is 60.0 Å². The third-order valence-electron chi connectivity index (χ3n) is 4.96. The average molecular weight is 464 g/mol. The molecule has 0 aliphatic carbocycles. The Labute approximate surface area is 195 Å². The normalized spacial score (nSPS) is 13.3. The van der Waals surface area contributed by atoms with Gasteiger partial charge in [0.05, 0.1) is 25.2 Å². The molecule has 3 unspecified atom stereocenters. The van der Waals surface area contributed by atoms with Gasteiger partial charge in [0, 0.05) is 19.0 Å². The van der Waals surface area contributed by atoms with E-state index in [1.54, 1.807) is 13.0 Å². The highest BCUT2D eigenvalue weighted by atomic mass is 16.5. The van der Waals surface area contributed by atoms with E-state index in [0.29, 0.717) is 32.2 Å². The summed E-state index contributed by atoms with van der Waals surface area (Å²) in [5.74, 6) is -1.27. The third-order valence-corrected chi connectivity index (χ3v) is 4.96. The number of unbranched alkanes of at least 4 members (excludes halogenated alkanes) is 1. The highest BCUT2D eigenvalue weighted by Gasteiger charge is 2.23. The molecular weight excluding hydrogens is 426 g/mol. The number of rotatable bonds is 16. The number of alkyl carbamates (subject to hydrolysis) is 1. The summed E-state index contributed by atoms with van der Waals surface area (Å²) in [6, 6.07) is 8.55. The zero-order chi connectivity index (χ0) is 24.5. The maximum absolute atomic E-state index is 12.6. The van der Waals surface area contributed by atoms with E-state index in [-0.39, 0.29) is 44.1 Å². The standard InChI is InChI=1S/C24H37N3O6/c1-3-9-20(14-22(30)26-18(2)15-28)23(31)27-21(16-29)12-7-8-13-25-24(32)33-17-19-10-5-4-6-11-19/h3-6,10-11,18,20-21,28-29H,1,7-9,12-17H2,2H3,(H,25,32)(H,26,30)(H,27,31). The summed E-state index contributed by atoms with van der Waals surface area (Å²) < 4.78 is 5.14. The Morgan fingerprint density at radius 3 is 2.45 bits per heavy atom. The molecule has 1 aromatic carbocycles. The Balaban J connectivity index is 2.31. The summed E-state index contributed by atoms with van der Waals surface area (Å²) >= 11 is 0. The van der Waals surface area contributed by atoms with Crippen LogP contribution in [0.1, 0.15) is 44.6 Å². The van der Waals surface area contributed by atoms with E-state index in [2.05, 4.69) is 22.5 Å². The van der Waals surface area contributed by atoms with Crippen molar-refractivity contribution in [1.82, 2.24) is 16.0 Å². The summed E-state index contributed by atoms with van der Waals surface area (Å²) in [6.07, 6.45) is 3.22. The quantitative estimate of drug-likeness (QED) is 0.187. The fourth-order valence-electron chi connectivity index (χ4n) is 3.10. The van der Waals surface area contributed by atoms with Crippen molar-refractivity contribution in [2.24, 2.45) is 5.92 Å². The Kier molecular flexibility index (Phi) is 14.2. The molecule has 5 N–H and O–H groups in total. The van der Waals surface area contributed by atoms with Crippen LogP contribution in [0.4, 0.5) is 4.79 Å². The Bertz CT molecular complexity index is 728. The van der Waals surface area contributed by atoms with Crippen molar-refractivity contribution < 1.29 is 29.3 Å². The van der Waals surface area contributed by atoms with Gasteiger partial charge in [-0.15, -0.1) is 6.58 Å². The number of hydrogen-bond donors (Lipinski definition) is 5. The number of amides is 3. The summed E-state index contributed by atoms with van der Waals surface area (Å²) in [5, 5.41) is 26.7. The van der Waals surface area contributed by atoms with Gasteiger partial charge in [-0.05, 0) is 38.2 Å². The fourth-order valence-corrected chi connectivity index (χ4v) is 3.10. The van der Waals surface area contributed by atoms with Crippen molar-refractivity contribution in [1.29, 1.82) is 0 Å². The zero-order valence-corrected chi connectivity index (χ0v) is 19.3. The molecule has 0 saturated carbocycles. The van der Waals surface area contributed by atoms with Crippen LogP contribution in [0, 0.1) is 5.92 Å². The summed E-state index contributed by atoms with van der Waals surface area (Å²) in [5.41, 5.74) is 0.907. The van der Waals surface area contributed by atoms with E-state index < -0.39 is 18.1 Å². The lowest BCUT2D eigenvalue weighted by Gasteiger charge is -2.21. The first-order valence-electron chi connectivity index (χ1n) is 11.3. The van der Waals surface area contributed by atoms with Gasteiger partial charge in [0.15, 0.2) is 0 Å². The number of hydrogen-bond acceptors (Lipinski definition) is 6. The highest BCUT2D eigenvalue weighted by Crippen LogP contribution is 2.12. The van der Waals surface area contributed by atoms with Crippen LogP contribution < -0.4 is 16.0 Å². The van der Waals surface area contributed by atoms with Crippen LogP contribution in [0.5, 0.6) is 0 Å². The maximum Gasteiger partial charge on any atom is 0.407 e. The lowest BCUT2D eigenvalue weighted by atomic mass is 9.98.